The van der Waals surface area contributed by atoms with Crippen LogP contribution in [0.1, 0.15) is 6.42 Å². The Morgan fingerprint density at radius 3 is 2.56 bits per heavy atom. The van der Waals surface area contributed by atoms with Crippen LogP contribution in [0.3, 0.4) is 0 Å². The molecule has 0 aliphatic carbocycles. The molecule has 0 spiro atoms. The van der Waals surface area contributed by atoms with Gasteiger partial charge in [-0.25, -0.2) is 9.07 Å². The topological polar surface area (TPSA) is 67.2 Å². The third-order valence-electron chi connectivity index (χ3n) is 4.55. The zero-order chi connectivity index (χ0) is 18.8. The van der Waals surface area contributed by atoms with Crippen molar-refractivity contribution in [2.45, 2.75) is 6.42 Å². The minimum atomic E-state index is -0.553. The van der Waals surface area contributed by atoms with E-state index in [9.17, 15) is 14.0 Å². The van der Waals surface area contributed by atoms with Gasteiger partial charge in [-0.15, -0.1) is 0 Å². The van der Waals surface area contributed by atoms with Crippen LogP contribution in [0, 0.1) is 11.7 Å². The third kappa shape index (κ3) is 3.31. The van der Waals surface area contributed by atoms with Gasteiger partial charge in [0, 0.05) is 25.4 Å². The first-order valence-electron chi connectivity index (χ1n) is 8.58. The Bertz CT molecular complexity index is 987. The second-order valence-electron chi connectivity index (χ2n) is 6.31. The quantitative estimate of drug-likeness (QED) is 0.774. The molecule has 1 aromatic heterocycles. The number of benzene rings is 2. The summed E-state index contributed by atoms with van der Waals surface area (Å²) >= 11 is 0. The van der Waals surface area contributed by atoms with Gasteiger partial charge in [-0.1, -0.05) is 24.3 Å². The molecule has 1 unspecified atom stereocenters. The molecule has 1 saturated heterocycles. The highest BCUT2D eigenvalue weighted by atomic mass is 19.1. The maximum absolute atomic E-state index is 14.0. The fourth-order valence-electron chi connectivity index (χ4n) is 3.21. The smallest absolute Gasteiger partial charge is 0.229 e. The highest BCUT2D eigenvalue weighted by molar-refractivity contribution is 6.04. The molecular formula is C20H17FN4O2. The lowest BCUT2D eigenvalue weighted by Crippen LogP contribution is -2.29. The molecule has 1 aliphatic rings. The summed E-state index contributed by atoms with van der Waals surface area (Å²) in [6, 6.07) is 15.2. The highest BCUT2D eigenvalue weighted by Crippen LogP contribution is 2.28. The first kappa shape index (κ1) is 17.0. The fraction of sp³-hybridized carbons (Fsp3) is 0.150. The summed E-state index contributed by atoms with van der Waals surface area (Å²) in [6.07, 6.45) is 3.48. The summed E-state index contributed by atoms with van der Waals surface area (Å²) < 4.78 is 15.6. The molecule has 1 fully saturated rings. The van der Waals surface area contributed by atoms with Crippen LogP contribution in [-0.4, -0.2) is 28.1 Å². The van der Waals surface area contributed by atoms with E-state index in [4.69, 9.17) is 0 Å². The maximum Gasteiger partial charge on any atom is 0.229 e. The summed E-state index contributed by atoms with van der Waals surface area (Å²) in [4.78, 5) is 26.4. The molecule has 0 saturated carbocycles. The molecule has 2 aromatic carbocycles. The van der Waals surface area contributed by atoms with Crippen molar-refractivity contribution >= 4 is 23.2 Å². The van der Waals surface area contributed by atoms with Gasteiger partial charge < -0.3 is 10.2 Å². The van der Waals surface area contributed by atoms with Crippen LogP contribution in [0.4, 0.5) is 15.8 Å². The van der Waals surface area contributed by atoms with E-state index in [0.29, 0.717) is 5.69 Å². The number of nitrogens with one attached hydrogen (secondary N) is 1. The fourth-order valence-corrected chi connectivity index (χ4v) is 3.21. The number of carbonyl (C=O) groups is 2. The SMILES string of the molecule is O=C(Nc1ccccc1-n1cccn1)C1CC(=O)N(c2ccccc2F)C1. The lowest BCUT2D eigenvalue weighted by molar-refractivity contribution is -0.122. The van der Waals surface area contributed by atoms with Gasteiger partial charge in [0.05, 0.1) is 23.0 Å². The van der Waals surface area contributed by atoms with E-state index < -0.39 is 11.7 Å². The summed E-state index contributed by atoms with van der Waals surface area (Å²) in [5.41, 5.74) is 1.53. The molecule has 27 heavy (non-hydrogen) atoms. The molecule has 7 heteroatoms. The second kappa shape index (κ2) is 7.03. The average molecular weight is 364 g/mol. The number of hydrogen-bond acceptors (Lipinski definition) is 3. The summed E-state index contributed by atoms with van der Waals surface area (Å²) in [5, 5.41) is 7.06. The molecule has 2 heterocycles. The van der Waals surface area contributed by atoms with Crippen molar-refractivity contribution in [3.63, 3.8) is 0 Å². The van der Waals surface area contributed by atoms with Crippen molar-refractivity contribution in [3.8, 4) is 5.69 Å². The predicted octanol–water partition coefficient (Wildman–Crippen LogP) is 3.00. The van der Waals surface area contributed by atoms with Crippen LogP contribution in [-0.2, 0) is 9.59 Å². The van der Waals surface area contributed by atoms with Crippen molar-refractivity contribution in [2.24, 2.45) is 5.92 Å². The van der Waals surface area contributed by atoms with E-state index in [2.05, 4.69) is 10.4 Å². The minimum absolute atomic E-state index is 0.0457. The average Bonchev–Trinajstić information content (AvgIpc) is 3.33. The zero-order valence-corrected chi connectivity index (χ0v) is 14.4. The van der Waals surface area contributed by atoms with Crippen molar-refractivity contribution in [3.05, 3.63) is 72.8 Å². The Morgan fingerprint density at radius 2 is 1.81 bits per heavy atom. The van der Waals surface area contributed by atoms with Crippen molar-refractivity contribution in [1.82, 2.24) is 9.78 Å². The zero-order valence-electron chi connectivity index (χ0n) is 14.4. The van der Waals surface area contributed by atoms with Gasteiger partial charge >= 0.3 is 0 Å². The van der Waals surface area contributed by atoms with Crippen LogP contribution in [0.5, 0.6) is 0 Å². The Morgan fingerprint density at radius 1 is 1.07 bits per heavy atom. The minimum Gasteiger partial charge on any atom is -0.324 e. The number of aromatic nitrogens is 2. The molecular weight excluding hydrogens is 347 g/mol. The van der Waals surface area contributed by atoms with Gasteiger partial charge in [0.1, 0.15) is 5.82 Å². The van der Waals surface area contributed by atoms with E-state index in [1.165, 1.54) is 11.0 Å². The number of nitrogens with zero attached hydrogens (tertiary/aromatic N) is 3. The number of hydrogen-bond donors (Lipinski definition) is 1. The molecule has 1 aliphatic heterocycles. The van der Waals surface area contributed by atoms with Crippen LogP contribution in [0.2, 0.25) is 0 Å². The third-order valence-corrected chi connectivity index (χ3v) is 4.55. The molecule has 4 rings (SSSR count). The first-order valence-corrected chi connectivity index (χ1v) is 8.58. The van der Waals surface area contributed by atoms with Crippen molar-refractivity contribution in [1.29, 1.82) is 0 Å². The van der Waals surface area contributed by atoms with E-state index in [0.717, 1.165) is 5.69 Å². The largest absolute Gasteiger partial charge is 0.324 e. The maximum atomic E-state index is 14.0. The van der Waals surface area contributed by atoms with Crippen LogP contribution >= 0.6 is 0 Å². The standard InChI is InChI=1S/C20H17FN4O2/c21-15-6-1-3-8-17(15)24-13-14(12-19(24)26)20(27)23-16-7-2-4-9-18(16)25-11-5-10-22-25/h1-11,14H,12-13H2,(H,23,27). The van der Waals surface area contributed by atoms with Gasteiger partial charge in [-0.05, 0) is 30.3 Å². The van der Waals surface area contributed by atoms with Gasteiger partial charge in [0.15, 0.2) is 0 Å². The Hall–Kier alpha value is -3.48. The molecule has 136 valence electrons. The molecule has 1 atom stereocenters. The summed E-state index contributed by atoms with van der Waals surface area (Å²) in [6.45, 7) is 0.148. The van der Waals surface area contributed by atoms with E-state index in [-0.39, 0.29) is 30.5 Å². The molecule has 2 amide bonds. The monoisotopic (exact) mass is 364 g/mol. The lowest BCUT2D eigenvalue weighted by atomic mass is 10.1. The number of anilines is 2. The van der Waals surface area contributed by atoms with Crippen molar-refractivity contribution < 1.29 is 14.0 Å². The van der Waals surface area contributed by atoms with Crippen LogP contribution in [0.25, 0.3) is 5.69 Å². The summed E-state index contributed by atoms with van der Waals surface area (Å²) in [7, 11) is 0. The first-order chi connectivity index (χ1) is 13.1. The van der Waals surface area contributed by atoms with Gasteiger partial charge in [0.2, 0.25) is 11.8 Å². The van der Waals surface area contributed by atoms with E-state index >= 15 is 0 Å². The second-order valence-corrected chi connectivity index (χ2v) is 6.31. The highest BCUT2D eigenvalue weighted by Gasteiger charge is 2.36. The molecule has 0 radical (unpaired) electrons. The Kier molecular flexibility index (Phi) is 4.42. The van der Waals surface area contributed by atoms with Gasteiger partial charge in [-0.3, -0.25) is 9.59 Å². The molecule has 1 N–H and O–H groups in total. The normalized spacial score (nSPS) is 16.6. The summed E-state index contributed by atoms with van der Waals surface area (Å²) in [5.74, 6) is -1.57. The number of rotatable bonds is 4. The predicted molar refractivity (Wildman–Crippen MR) is 99.1 cm³/mol. The number of halogens is 1. The van der Waals surface area contributed by atoms with Gasteiger partial charge in [0.25, 0.3) is 0 Å². The number of para-hydroxylation sites is 3. The molecule has 6 nitrogen and oxygen atoms in total. The number of amides is 2. The van der Waals surface area contributed by atoms with Crippen molar-refractivity contribution in [2.75, 3.05) is 16.8 Å². The van der Waals surface area contributed by atoms with Crippen LogP contribution < -0.4 is 10.2 Å². The van der Waals surface area contributed by atoms with Crippen LogP contribution in [0.15, 0.2) is 67.0 Å². The molecule has 3 aromatic rings. The Balaban J connectivity index is 1.52. The van der Waals surface area contributed by atoms with E-state index in [1.807, 2.05) is 18.2 Å². The number of carbonyl (C=O) groups excluding carboxylic acids is 2. The molecule has 0 bridgehead atoms. The van der Waals surface area contributed by atoms with E-state index in [1.54, 1.807) is 47.4 Å². The van der Waals surface area contributed by atoms with Gasteiger partial charge in [-0.2, -0.15) is 5.10 Å². The Labute approximate surface area is 155 Å². The lowest BCUT2D eigenvalue weighted by Gasteiger charge is -2.17.